The zero-order valence-corrected chi connectivity index (χ0v) is 11.9. The summed E-state index contributed by atoms with van der Waals surface area (Å²) < 4.78 is 0.107. The van der Waals surface area contributed by atoms with Crippen molar-refractivity contribution in [2.45, 2.75) is 50.5 Å². The number of nitriles is 1. The quantitative estimate of drug-likeness (QED) is 0.891. The topological polar surface area (TPSA) is 56.6 Å². The third-order valence-corrected chi connectivity index (χ3v) is 4.70. The Labute approximate surface area is 112 Å². The molecule has 0 radical (unpaired) electrons. The van der Waals surface area contributed by atoms with E-state index in [1.54, 1.807) is 0 Å². The molecule has 0 saturated heterocycles. The van der Waals surface area contributed by atoms with Crippen molar-refractivity contribution in [2.75, 3.05) is 0 Å². The minimum Gasteiger partial charge on any atom is -0.325 e. The third-order valence-electron chi connectivity index (χ3n) is 3.34. The average Bonchev–Trinajstić information content (AvgIpc) is 2.28. The van der Waals surface area contributed by atoms with E-state index >= 15 is 0 Å². The second-order valence-corrected chi connectivity index (χ2v) is 7.03. The van der Waals surface area contributed by atoms with Crippen molar-refractivity contribution in [1.29, 1.82) is 5.26 Å². The molecule has 0 spiro atoms. The molecule has 1 aromatic heterocycles. The van der Waals surface area contributed by atoms with Crippen molar-refractivity contribution in [2.24, 2.45) is 0 Å². The normalized spacial score (nSPS) is 17.0. The number of nitrogens with zero attached hydrogens (tertiary/aromatic N) is 1. The molecule has 1 aliphatic rings. The van der Waals surface area contributed by atoms with Crippen LogP contribution in [0.1, 0.15) is 49.6 Å². The van der Waals surface area contributed by atoms with E-state index in [4.69, 9.17) is 0 Å². The highest BCUT2D eigenvalue weighted by atomic mass is 32.2. The summed E-state index contributed by atoms with van der Waals surface area (Å²) in [6, 6.07) is 2.08. The van der Waals surface area contributed by atoms with Crippen LogP contribution in [0.3, 0.4) is 0 Å². The molecule has 1 N–H and O–H groups in total. The highest BCUT2D eigenvalue weighted by Crippen LogP contribution is 2.39. The van der Waals surface area contributed by atoms with Gasteiger partial charge in [-0.05, 0) is 24.0 Å². The molecule has 2 rings (SSSR count). The van der Waals surface area contributed by atoms with Gasteiger partial charge in [0.1, 0.15) is 11.6 Å². The van der Waals surface area contributed by atoms with Gasteiger partial charge in [-0.15, -0.1) is 0 Å². The second-order valence-electron chi connectivity index (χ2n) is 5.35. The summed E-state index contributed by atoms with van der Waals surface area (Å²) >= 11 is 1.90. The molecule has 0 aromatic carbocycles. The summed E-state index contributed by atoms with van der Waals surface area (Å²) in [5.41, 5.74) is 3.30. The molecule has 96 valence electrons. The maximum atomic E-state index is 11.9. The maximum Gasteiger partial charge on any atom is 0.266 e. The van der Waals surface area contributed by atoms with Gasteiger partial charge in [-0.1, -0.05) is 27.2 Å². The Hall–Kier alpha value is -1.21. The molecule has 3 nitrogen and oxygen atoms in total. The van der Waals surface area contributed by atoms with E-state index < -0.39 is 0 Å². The average molecular weight is 262 g/mol. The van der Waals surface area contributed by atoms with E-state index in [1.807, 2.05) is 11.8 Å². The van der Waals surface area contributed by atoms with Crippen LogP contribution in [0, 0.1) is 11.3 Å². The Morgan fingerprint density at radius 3 is 2.78 bits per heavy atom. The molecule has 2 heterocycles. The second kappa shape index (κ2) is 4.81. The zero-order chi connectivity index (χ0) is 13.3. The number of rotatable bonds is 2. The summed E-state index contributed by atoms with van der Waals surface area (Å²) in [6.07, 6.45) is 2.68. The van der Waals surface area contributed by atoms with Gasteiger partial charge in [0, 0.05) is 16.2 Å². The lowest BCUT2D eigenvalue weighted by Crippen LogP contribution is -2.29. The third kappa shape index (κ3) is 2.32. The largest absolute Gasteiger partial charge is 0.325 e. The lowest BCUT2D eigenvalue weighted by atomic mass is 9.92. The van der Waals surface area contributed by atoms with E-state index in [0.29, 0.717) is 5.56 Å². The van der Waals surface area contributed by atoms with E-state index in [-0.39, 0.29) is 10.3 Å². The summed E-state index contributed by atoms with van der Waals surface area (Å²) in [6.45, 7) is 6.44. The first-order valence-electron chi connectivity index (χ1n) is 6.29. The van der Waals surface area contributed by atoms with Crippen LogP contribution in [0.15, 0.2) is 4.79 Å². The number of H-pyrrole nitrogens is 1. The number of aromatic amines is 1. The van der Waals surface area contributed by atoms with Crippen LogP contribution in [0.4, 0.5) is 0 Å². The van der Waals surface area contributed by atoms with Crippen molar-refractivity contribution in [3.63, 3.8) is 0 Å². The van der Waals surface area contributed by atoms with Gasteiger partial charge < -0.3 is 4.98 Å². The van der Waals surface area contributed by atoms with Crippen LogP contribution in [-0.4, -0.2) is 9.73 Å². The molecule has 4 heteroatoms. The molecule has 0 unspecified atom stereocenters. The summed E-state index contributed by atoms with van der Waals surface area (Å²) in [5.74, 6) is 0.892. The van der Waals surface area contributed by atoms with Crippen molar-refractivity contribution in [1.82, 2.24) is 4.98 Å². The number of nitrogens with one attached hydrogen (secondary N) is 1. The fourth-order valence-electron chi connectivity index (χ4n) is 2.44. The van der Waals surface area contributed by atoms with Crippen molar-refractivity contribution in [3.8, 4) is 6.07 Å². The Bertz CT molecular complexity index is 566. The van der Waals surface area contributed by atoms with Crippen LogP contribution in [0.2, 0.25) is 0 Å². The van der Waals surface area contributed by atoms with Gasteiger partial charge in [0.25, 0.3) is 5.56 Å². The standard InChI is InChI=1S/C14H18N2OS/c1-4-5-12-11-8-18-14(2,3)6-9(11)10(7-15)13(17)16-12/h4-6,8H2,1-3H3,(H,16,17). The number of aromatic nitrogens is 1. The zero-order valence-electron chi connectivity index (χ0n) is 11.1. The smallest absolute Gasteiger partial charge is 0.266 e. The van der Waals surface area contributed by atoms with Gasteiger partial charge in [-0.2, -0.15) is 17.0 Å². The van der Waals surface area contributed by atoms with E-state index in [9.17, 15) is 10.1 Å². The van der Waals surface area contributed by atoms with Crippen LogP contribution < -0.4 is 5.56 Å². The van der Waals surface area contributed by atoms with Gasteiger partial charge in [-0.3, -0.25) is 4.79 Å². The van der Waals surface area contributed by atoms with E-state index in [2.05, 4.69) is 31.8 Å². The Kier molecular flexibility index (Phi) is 3.54. The Balaban J connectivity index is 2.64. The number of thioether (sulfide) groups is 1. The fraction of sp³-hybridized carbons (Fsp3) is 0.571. The molecule has 1 aliphatic heterocycles. The van der Waals surface area contributed by atoms with Crippen LogP contribution >= 0.6 is 11.8 Å². The maximum absolute atomic E-state index is 11.9. The number of pyridine rings is 1. The van der Waals surface area contributed by atoms with Gasteiger partial charge >= 0.3 is 0 Å². The number of hydrogen-bond acceptors (Lipinski definition) is 3. The van der Waals surface area contributed by atoms with Crippen LogP contribution in [-0.2, 0) is 18.6 Å². The van der Waals surface area contributed by atoms with Crippen molar-refractivity contribution >= 4 is 11.8 Å². The Morgan fingerprint density at radius 2 is 2.17 bits per heavy atom. The lowest BCUT2D eigenvalue weighted by molar-refractivity contribution is 0.683. The van der Waals surface area contributed by atoms with Crippen LogP contribution in [0.5, 0.6) is 0 Å². The van der Waals surface area contributed by atoms with Gasteiger partial charge in [0.05, 0.1) is 0 Å². The predicted octanol–water partition coefficient (Wildman–Crippen LogP) is 2.77. The number of aryl methyl sites for hydroxylation is 1. The molecule has 18 heavy (non-hydrogen) atoms. The van der Waals surface area contributed by atoms with Crippen LogP contribution in [0.25, 0.3) is 0 Å². The summed E-state index contributed by atoms with van der Waals surface area (Å²) in [4.78, 5) is 14.8. The summed E-state index contributed by atoms with van der Waals surface area (Å²) in [7, 11) is 0. The highest BCUT2D eigenvalue weighted by Gasteiger charge is 2.30. The van der Waals surface area contributed by atoms with Crippen molar-refractivity contribution < 1.29 is 0 Å². The summed E-state index contributed by atoms with van der Waals surface area (Å²) in [5, 5.41) is 9.19. The van der Waals surface area contributed by atoms with E-state index in [0.717, 1.165) is 36.3 Å². The van der Waals surface area contributed by atoms with E-state index in [1.165, 1.54) is 5.56 Å². The first kappa shape index (κ1) is 13.2. The van der Waals surface area contributed by atoms with Gasteiger partial charge in [0.15, 0.2) is 0 Å². The molecule has 1 aromatic rings. The van der Waals surface area contributed by atoms with Gasteiger partial charge in [0.2, 0.25) is 0 Å². The molecular weight excluding hydrogens is 244 g/mol. The molecule has 0 fully saturated rings. The minimum atomic E-state index is -0.220. The predicted molar refractivity (Wildman–Crippen MR) is 74.9 cm³/mol. The monoisotopic (exact) mass is 262 g/mol. The first-order chi connectivity index (χ1) is 8.48. The van der Waals surface area contributed by atoms with Crippen molar-refractivity contribution in [3.05, 3.63) is 32.7 Å². The molecular formula is C14H18N2OS. The molecule has 0 bridgehead atoms. The minimum absolute atomic E-state index is 0.107. The lowest BCUT2D eigenvalue weighted by Gasteiger charge is -2.32. The number of fused-ring (bicyclic) bond motifs is 1. The fourth-order valence-corrected chi connectivity index (χ4v) is 3.57. The molecule has 0 atom stereocenters. The first-order valence-corrected chi connectivity index (χ1v) is 7.28. The highest BCUT2D eigenvalue weighted by molar-refractivity contribution is 7.99. The molecule has 0 aliphatic carbocycles. The SMILES string of the molecule is CCCc1[nH]c(=O)c(C#N)c2c1CSC(C)(C)C2. The Morgan fingerprint density at radius 1 is 1.44 bits per heavy atom. The molecule has 0 amide bonds. The molecule has 0 saturated carbocycles. The number of hydrogen-bond donors (Lipinski definition) is 1. The van der Waals surface area contributed by atoms with Gasteiger partial charge in [-0.25, -0.2) is 0 Å².